The number of aryl methyl sites for hydroxylation is 1. The van der Waals surface area contributed by atoms with Gasteiger partial charge in [-0.15, -0.1) is 11.8 Å². The molecule has 110 valence electrons. The van der Waals surface area contributed by atoms with E-state index >= 15 is 0 Å². The van der Waals surface area contributed by atoms with Crippen molar-refractivity contribution < 1.29 is 14.3 Å². The van der Waals surface area contributed by atoms with Crippen LogP contribution in [0.4, 0.5) is 5.69 Å². The fourth-order valence-corrected chi connectivity index (χ4v) is 2.43. The molecule has 1 atom stereocenters. The molecule has 0 saturated heterocycles. The normalized spacial score (nSPS) is 11.8. The molecule has 0 heterocycles. The van der Waals surface area contributed by atoms with E-state index in [0.717, 1.165) is 16.8 Å². The fraction of sp³-hybridized carbons (Fsp3) is 0.467. The van der Waals surface area contributed by atoms with Gasteiger partial charge in [0.15, 0.2) is 0 Å². The Bertz CT molecular complexity index is 488. The number of carbonyl (C=O) groups is 2. The summed E-state index contributed by atoms with van der Waals surface area (Å²) in [6.45, 7) is 5.91. The highest BCUT2D eigenvalue weighted by atomic mass is 32.2. The SMILES string of the molecule is COC(=O)CC(C)SCC(=O)Nc1cccc(C)c1C. The van der Waals surface area contributed by atoms with Crippen molar-refractivity contribution in [2.75, 3.05) is 18.2 Å². The van der Waals surface area contributed by atoms with E-state index in [-0.39, 0.29) is 17.1 Å². The molecule has 1 aromatic rings. The lowest BCUT2D eigenvalue weighted by atomic mass is 10.1. The molecule has 1 amide bonds. The van der Waals surface area contributed by atoms with Crippen LogP contribution in [-0.2, 0) is 14.3 Å². The molecule has 0 fully saturated rings. The van der Waals surface area contributed by atoms with Gasteiger partial charge < -0.3 is 10.1 Å². The highest BCUT2D eigenvalue weighted by Gasteiger charge is 2.12. The average molecular weight is 295 g/mol. The fourth-order valence-electron chi connectivity index (χ4n) is 1.67. The lowest BCUT2D eigenvalue weighted by molar-refractivity contribution is -0.140. The first-order valence-corrected chi connectivity index (χ1v) is 7.53. The van der Waals surface area contributed by atoms with E-state index in [1.54, 1.807) is 0 Å². The van der Waals surface area contributed by atoms with Crippen molar-refractivity contribution >= 4 is 29.3 Å². The summed E-state index contributed by atoms with van der Waals surface area (Å²) in [6.07, 6.45) is 0.317. The first-order valence-electron chi connectivity index (χ1n) is 6.48. The molecule has 4 nitrogen and oxygen atoms in total. The summed E-state index contributed by atoms with van der Waals surface area (Å²) in [5.74, 6) is 0.0197. The van der Waals surface area contributed by atoms with Crippen LogP contribution in [0.2, 0.25) is 0 Å². The van der Waals surface area contributed by atoms with Crippen LogP contribution in [0, 0.1) is 13.8 Å². The molecule has 0 aromatic heterocycles. The van der Waals surface area contributed by atoms with Crippen molar-refractivity contribution in [2.45, 2.75) is 32.4 Å². The van der Waals surface area contributed by atoms with Crippen molar-refractivity contribution in [3.8, 4) is 0 Å². The quantitative estimate of drug-likeness (QED) is 0.820. The second kappa shape index (κ2) is 7.94. The largest absolute Gasteiger partial charge is 0.469 e. The van der Waals surface area contributed by atoms with Crippen molar-refractivity contribution in [2.24, 2.45) is 0 Å². The second-order valence-electron chi connectivity index (χ2n) is 4.70. The van der Waals surface area contributed by atoms with Crippen molar-refractivity contribution in [1.82, 2.24) is 0 Å². The molecule has 0 aliphatic heterocycles. The Labute approximate surface area is 124 Å². The molecule has 5 heteroatoms. The third-order valence-electron chi connectivity index (χ3n) is 3.06. The molecular formula is C15H21NO3S. The van der Waals surface area contributed by atoms with E-state index in [0.29, 0.717) is 12.2 Å². The highest BCUT2D eigenvalue weighted by molar-refractivity contribution is 8.00. The van der Waals surface area contributed by atoms with Gasteiger partial charge in [0.25, 0.3) is 0 Å². The lowest BCUT2D eigenvalue weighted by Gasteiger charge is -2.12. The van der Waals surface area contributed by atoms with Gasteiger partial charge in [-0.05, 0) is 31.0 Å². The Hall–Kier alpha value is -1.49. The number of nitrogens with one attached hydrogen (secondary N) is 1. The summed E-state index contributed by atoms with van der Waals surface area (Å²) in [6, 6.07) is 5.83. The first kappa shape index (κ1) is 16.6. The number of rotatable bonds is 6. The number of benzene rings is 1. The van der Waals surface area contributed by atoms with Gasteiger partial charge in [0, 0.05) is 10.9 Å². The van der Waals surface area contributed by atoms with Crippen LogP contribution in [0.5, 0.6) is 0 Å². The number of esters is 1. The van der Waals surface area contributed by atoms with Crippen molar-refractivity contribution in [3.63, 3.8) is 0 Å². The maximum atomic E-state index is 11.9. The summed E-state index contributed by atoms with van der Waals surface area (Å²) < 4.78 is 4.60. The van der Waals surface area contributed by atoms with Gasteiger partial charge in [-0.1, -0.05) is 19.1 Å². The summed E-state index contributed by atoms with van der Waals surface area (Å²) in [7, 11) is 1.37. The van der Waals surface area contributed by atoms with Crippen molar-refractivity contribution in [3.05, 3.63) is 29.3 Å². The van der Waals surface area contributed by atoms with E-state index in [1.165, 1.54) is 18.9 Å². The predicted octanol–water partition coefficient (Wildman–Crippen LogP) is 2.93. The summed E-state index contributed by atoms with van der Waals surface area (Å²) in [5, 5.41) is 2.96. The van der Waals surface area contributed by atoms with Gasteiger partial charge in [0.05, 0.1) is 19.3 Å². The van der Waals surface area contributed by atoms with Gasteiger partial charge in [-0.2, -0.15) is 0 Å². The molecule has 20 heavy (non-hydrogen) atoms. The minimum absolute atomic E-state index is 0.0552. The Morgan fingerprint density at radius 1 is 1.35 bits per heavy atom. The molecule has 0 saturated carbocycles. The number of anilines is 1. The molecule has 1 N–H and O–H groups in total. The number of amides is 1. The number of ether oxygens (including phenoxy) is 1. The molecule has 1 unspecified atom stereocenters. The van der Waals surface area contributed by atoms with Crippen LogP contribution in [0.15, 0.2) is 18.2 Å². The number of thioether (sulfide) groups is 1. The average Bonchev–Trinajstić information content (AvgIpc) is 2.41. The van der Waals surface area contributed by atoms with Gasteiger partial charge in [0.1, 0.15) is 0 Å². The smallest absolute Gasteiger partial charge is 0.306 e. The van der Waals surface area contributed by atoms with Crippen LogP contribution in [-0.4, -0.2) is 30.0 Å². The van der Waals surface area contributed by atoms with Gasteiger partial charge in [0.2, 0.25) is 5.91 Å². The van der Waals surface area contributed by atoms with E-state index in [4.69, 9.17) is 0 Å². The summed E-state index contributed by atoms with van der Waals surface area (Å²) in [4.78, 5) is 23.0. The Kier molecular flexibility index (Phi) is 6.58. The van der Waals surface area contributed by atoms with Crippen LogP contribution in [0.25, 0.3) is 0 Å². The van der Waals surface area contributed by atoms with Crippen LogP contribution >= 0.6 is 11.8 Å². The van der Waals surface area contributed by atoms with E-state index in [2.05, 4.69) is 10.1 Å². The number of hydrogen-bond donors (Lipinski definition) is 1. The molecule has 0 aliphatic rings. The van der Waals surface area contributed by atoms with E-state index < -0.39 is 0 Å². The summed E-state index contributed by atoms with van der Waals surface area (Å²) in [5.41, 5.74) is 3.07. The van der Waals surface area contributed by atoms with Gasteiger partial charge in [-0.3, -0.25) is 9.59 Å². The molecule has 0 aliphatic carbocycles. The minimum atomic E-state index is -0.250. The third kappa shape index (κ3) is 5.25. The number of hydrogen-bond acceptors (Lipinski definition) is 4. The predicted molar refractivity (Wildman–Crippen MR) is 83.1 cm³/mol. The zero-order valence-corrected chi connectivity index (χ0v) is 13.2. The maximum Gasteiger partial charge on any atom is 0.306 e. The van der Waals surface area contributed by atoms with Crippen LogP contribution in [0.1, 0.15) is 24.5 Å². The van der Waals surface area contributed by atoms with Gasteiger partial charge >= 0.3 is 5.97 Å². The molecule has 0 radical (unpaired) electrons. The first-order chi connectivity index (χ1) is 9.43. The zero-order valence-electron chi connectivity index (χ0n) is 12.4. The monoisotopic (exact) mass is 295 g/mol. The van der Waals surface area contributed by atoms with Crippen LogP contribution < -0.4 is 5.32 Å². The highest BCUT2D eigenvalue weighted by Crippen LogP contribution is 2.19. The Morgan fingerprint density at radius 3 is 2.70 bits per heavy atom. The number of carbonyl (C=O) groups excluding carboxylic acids is 2. The summed E-state index contributed by atoms with van der Waals surface area (Å²) >= 11 is 1.44. The Morgan fingerprint density at radius 2 is 2.05 bits per heavy atom. The Balaban J connectivity index is 2.44. The van der Waals surface area contributed by atoms with Crippen LogP contribution in [0.3, 0.4) is 0 Å². The molecule has 0 bridgehead atoms. The van der Waals surface area contributed by atoms with E-state index in [1.807, 2.05) is 39.0 Å². The molecule has 1 aromatic carbocycles. The third-order valence-corrected chi connectivity index (χ3v) is 4.22. The topological polar surface area (TPSA) is 55.4 Å². The second-order valence-corrected chi connectivity index (χ2v) is 6.12. The molecular weight excluding hydrogens is 274 g/mol. The van der Waals surface area contributed by atoms with E-state index in [9.17, 15) is 9.59 Å². The standard InChI is InChI=1S/C15H21NO3S/c1-10-6-5-7-13(12(10)3)16-14(17)9-20-11(2)8-15(18)19-4/h5-7,11H,8-9H2,1-4H3,(H,16,17). The van der Waals surface area contributed by atoms with Crippen molar-refractivity contribution in [1.29, 1.82) is 0 Å². The van der Waals surface area contributed by atoms with Gasteiger partial charge in [-0.25, -0.2) is 0 Å². The molecule has 0 spiro atoms. The minimum Gasteiger partial charge on any atom is -0.469 e. The zero-order chi connectivity index (χ0) is 15.1. The molecule has 1 rings (SSSR count). The number of methoxy groups -OCH3 is 1. The lowest BCUT2D eigenvalue weighted by Crippen LogP contribution is -2.18. The maximum absolute atomic E-state index is 11.9.